The Bertz CT molecular complexity index is 291. The summed E-state index contributed by atoms with van der Waals surface area (Å²) >= 11 is 0. The number of hydrogen-bond acceptors (Lipinski definition) is 2. The van der Waals surface area contributed by atoms with Crippen LogP contribution >= 0.6 is 12.4 Å². The van der Waals surface area contributed by atoms with Crippen LogP contribution in [0.4, 0.5) is 0 Å². The largest absolute Gasteiger partial charge is 0.342 e. The summed E-state index contributed by atoms with van der Waals surface area (Å²) in [5, 5.41) is 0. The van der Waals surface area contributed by atoms with Gasteiger partial charge in [0.05, 0.1) is 0 Å². The van der Waals surface area contributed by atoms with Gasteiger partial charge in [-0.05, 0) is 44.4 Å². The summed E-state index contributed by atoms with van der Waals surface area (Å²) in [4.78, 5) is 14.2. The normalized spacial score (nSPS) is 31.5. The number of amides is 1. The Kier molecular flexibility index (Phi) is 4.48. The molecule has 0 aromatic heterocycles. The fourth-order valence-corrected chi connectivity index (χ4v) is 2.80. The Hall–Kier alpha value is -0.280. The lowest BCUT2D eigenvalue weighted by molar-refractivity contribution is -0.137. The van der Waals surface area contributed by atoms with Crippen LogP contribution in [0.25, 0.3) is 0 Å². The molecule has 2 aliphatic rings. The zero-order chi connectivity index (χ0) is 11.9. The first-order valence-corrected chi connectivity index (χ1v) is 6.46. The molecule has 3 atom stereocenters. The van der Waals surface area contributed by atoms with E-state index in [0.29, 0.717) is 17.4 Å². The van der Waals surface area contributed by atoms with Gasteiger partial charge in [0.25, 0.3) is 0 Å². The molecule has 2 fully saturated rings. The van der Waals surface area contributed by atoms with Crippen LogP contribution in [0.3, 0.4) is 0 Å². The number of carbonyl (C=O) groups excluding carboxylic acids is 1. The molecule has 3 unspecified atom stereocenters. The molecule has 0 aromatic rings. The molecule has 0 aliphatic heterocycles. The van der Waals surface area contributed by atoms with E-state index < -0.39 is 0 Å². The van der Waals surface area contributed by atoms with Crippen LogP contribution in [0.2, 0.25) is 0 Å². The molecule has 0 spiro atoms. The van der Waals surface area contributed by atoms with Crippen LogP contribution in [-0.4, -0.2) is 29.9 Å². The van der Waals surface area contributed by atoms with Crippen molar-refractivity contribution in [2.45, 2.75) is 58.0 Å². The summed E-state index contributed by atoms with van der Waals surface area (Å²) in [5.41, 5.74) is 6.25. The molecule has 4 heteroatoms. The third kappa shape index (κ3) is 2.94. The van der Waals surface area contributed by atoms with Crippen molar-refractivity contribution >= 4 is 18.3 Å². The maximum absolute atomic E-state index is 12.3. The van der Waals surface area contributed by atoms with Gasteiger partial charge in [-0.2, -0.15) is 0 Å². The Labute approximate surface area is 111 Å². The van der Waals surface area contributed by atoms with Gasteiger partial charge < -0.3 is 10.6 Å². The molecule has 0 aromatic carbocycles. The van der Waals surface area contributed by atoms with Gasteiger partial charge in [-0.15, -0.1) is 12.4 Å². The van der Waals surface area contributed by atoms with E-state index in [1.165, 1.54) is 12.8 Å². The van der Waals surface area contributed by atoms with E-state index in [1.54, 1.807) is 0 Å². The van der Waals surface area contributed by atoms with Crippen molar-refractivity contribution in [2.75, 3.05) is 7.05 Å². The number of nitrogens with two attached hydrogens (primary N) is 1. The van der Waals surface area contributed by atoms with Crippen LogP contribution in [0.1, 0.15) is 46.0 Å². The molecule has 2 saturated carbocycles. The van der Waals surface area contributed by atoms with Crippen LogP contribution in [0.15, 0.2) is 0 Å². The maximum Gasteiger partial charge on any atom is 0.225 e. The molecule has 2 rings (SSSR count). The minimum atomic E-state index is 0. The van der Waals surface area contributed by atoms with Crippen molar-refractivity contribution in [3.8, 4) is 0 Å². The van der Waals surface area contributed by atoms with Crippen molar-refractivity contribution in [3.63, 3.8) is 0 Å². The van der Waals surface area contributed by atoms with E-state index in [1.807, 2.05) is 11.9 Å². The monoisotopic (exact) mass is 260 g/mol. The van der Waals surface area contributed by atoms with E-state index >= 15 is 0 Å². The van der Waals surface area contributed by atoms with Crippen LogP contribution < -0.4 is 5.73 Å². The molecule has 17 heavy (non-hydrogen) atoms. The van der Waals surface area contributed by atoms with Crippen molar-refractivity contribution in [1.29, 1.82) is 0 Å². The summed E-state index contributed by atoms with van der Waals surface area (Å²) in [6.07, 6.45) is 5.39. The quantitative estimate of drug-likeness (QED) is 0.846. The zero-order valence-corrected chi connectivity index (χ0v) is 11.9. The summed E-state index contributed by atoms with van der Waals surface area (Å²) < 4.78 is 0. The highest BCUT2D eigenvalue weighted by Gasteiger charge is 2.46. The number of halogens is 1. The average Bonchev–Trinajstić information content (AvgIpc) is 2.86. The second-order valence-corrected chi connectivity index (χ2v) is 6.05. The molecule has 2 aliphatic carbocycles. The number of nitrogens with zero attached hydrogens (tertiary/aromatic N) is 1. The zero-order valence-electron chi connectivity index (χ0n) is 11.1. The van der Waals surface area contributed by atoms with Gasteiger partial charge >= 0.3 is 0 Å². The summed E-state index contributed by atoms with van der Waals surface area (Å²) in [6.45, 7) is 4.46. The van der Waals surface area contributed by atoms with E-state index in [2.05, 4.69) is 13.8 Å². The van der Waals surface area contributed by atoms with Gasteiger partial charge in [-0.25, -0.2) is 0 Å². The lowest BCUT2D eigenvalue weighted by Crippen LogP contribution is -2.42. The van der Waals surface area contributed by atoms with E-state index in [0.717, 1.165) is 19.3 Å². The molecule has 0 radical (unpaired) electrons. The lowest BCUT2D eigenvalue weighted by atomic mass is 9.97. The van der Waals surface area contributed by atoms with Crippen LogP contribution in [-0.2, 0) is 4.79 Å². The standard InChI is InChI=1S/C13H24N2O.ClH/c1-9(13(2)6-7-13)15(3)12(16)10-4-5-11(14)8-10;/h9-11H,4-8,14H2,1-3H3;1H. The fraction of sp³-hybridized carbons (Fsp3) is 0.923. The van der Waals surface area contributed by atoms with Crippen LogP contribution in [0.5, 0.6) is 0 Å². The second kappa shape index (κ2) is 5.15. The molecular formula is C13H25ClN2O. The Morgan fingerprint density at radius 3 is 2.41 bits per heavy atom. The number of hydrogen-bond donors (Lipinski definition) is 1. The molecule has 2 N–H and O–H groups in total. The van der Waals surface area contributed by atoms with E-state index in [-0.39, 0.29) is 24.4 Å². The first-order valence-electron chi connectivity index (χ1n) is 6.46. The van der Waals surface area contributed by atoms with Gasteiger partial charge in [0.2, 0.25) is 5.91 Å². The molecule has 0 saturated heterocycles. The Balaban J connectivity index is 0.00000144. The van der Waals surface area contributed by atoms with Crippen molar-refractivity contribution in [3.05, 3.63) is 0 Å². The molecule has 1 amide bonds. The van der Waals surface area contributed by atoms with E-state index in [4.69, 9.17) is 5.73 Å². The molecule has 0 heterocycles. The SMILES string of the molecule is CC(N(C)C(=O)C1CCC(N)C1)C1(C)CC1.Cl. The highest BCUT2D eigenvalue weighted by atomic mass is 35.5. The van der Waals surface area contributed by atoms with Gasteiger partial charge in [0.1, 0.15) is 0 Å². The van der Waals surface area contributed by atoms with Crippen molar-refractivity contribution < 1.29 is 4.79 Å². The topological polar surface area (TPSA) is 46.3 Å². The number of rotatable bonds is 3. The first-order chi connectivity index (χ1) is 7.44. The predicted octanol–water partition coefficient (Wildman–Crippen LogP) is 2.18. The minimum Gasteiger partial charge on any atom is -0.342 e. The van der Waals surface area contributed by atoms with Gasteiger partial charge in [-0.3, -0.25) is 4.79 Å². The van der Waals surface area contributed by atoms with Crippen LogP contribution in [0, 0.1) is 11.3 Å². The lowest BCUT2D eigenvalue weighted by Gasteiger charge is -2.32. The first kappa shape index (κ1) is 14.8. The van der Waals surface area contributed by atoms with Crippen molar-refractivity contribution in [2.24, 2.45) is 17.1 Å². The fourth-order valence-electron chi connectivity index (χ4n) is 2.80. The average molecular weight is 261 g/mol. The minimum absolute atomic E-state index is 0. The highest BCUT2D eigenvalue weighted by Crippen LogP contribution is 2.49. The Morgan fingerprint density at radius 2 is 2.00 bits per heavy atom. The molecule has 0 bridgehead atoms. The summed E-state index contributed by atoms with van der Waals surface area (Å²) in [5.74, 6) is 0.498. The second-order valence-electron chi connectivity index (χ2n) is 6.05. The Morgan fingerprint density at radius 1 is 1.41 bits per heavy atom. The number of carbonyl (C=O) groups is 1. The molecular weight excluding hydrogens is 236 g/mol. The maximum atomic E-state index is 12.3. The predicted molar refractivity (Wildman–Crippen MR) is 72.1 cm³/mol. The molecule has 3 nitrogen and oxygen atoms in total. The van der Waals surface area contributed by atoms with Gasteiger partial charge in [0, 0.05) is 25.0 Å². The van der Waals surface area contributed by atoms with Crippen molar-refractivity contribution in [1.82, 2.24) is 4.90 Å². The van der Waals surface area contributed by atoms with Gasteiger partial charge in [-0.1, -0.05) is 6.92 Å². The van der Waals surface area contributed by atoms with E-state index in [9.17, 15) is 4.79 Å². The highest BCUT2D eigenvalue weighted by molar-refractivity contribution is 5.85. The third-order valence-corrected chi connectivity index (χ3v) is 4.80. The van der Waals surface area contributed by atoms with Gasteiger partial charge in [0.15, 0.2) is 0 Å². The smallest absolute Gasteiger partial charge is 0.225 e. The summed E-state index contributed by atoms with van der Waals surface area (Å²) in [6, 6.07) is 0.617. The summed E-state index contributed by atoms with van der Waals surface area (Å²) in [7, 11) is 1.96. The molecule has 100 valence electrons. The third-order valence-electron chi connectivity index (χ3n) is 4.80.